The Morgan fingerprint density at radius 3 is 2.62 bits per heavy atom. The van der Waals surface area contributed by atoms with Crippen LogP contribution in [0.2, 0.25) is 0 Å². The van der Waals surface area contributed by atoms with Crippen LogP contribution in [0.4, 0.5) is 0 Å². The monoisotopic (exact) mass is 286 g/mol. The number of hydrogen-bond acceptors (Lipinski definition) is 2. The van der Waals surface area contributed by atoms with E-state index in [-0.39, 0.29) is 17.9 Å². The van der Waals surface area contributed by atoms with E-state index in [2.05, 4.69) is 36.6 Å². The van der Waals surface area contributed by atoms with Crippen molar-refractivity contribution in [2.24, 2.45) is 11.8 Å². The number of nitrogens with one attached hydrogen (secondary N) is 2. The van der Waals surface area contributed by atoms with Crippen LogP contribution in [0.25, 0.3) is 0 Å². The lowest BCUT2D eigenvalue weighted by Gasteiger charge is -2.25. The maximum absolute atomic E-state index is 12.6. The number of hydrogen-bond donors (Lipinski definition) is 2. The van der Waals surface area contributed by atoms with E-state index in [1.165, 1.54) is 12.0 Å². The fourth-order valence-electron chi connectivity index (χ4n) is 3.83. The minimum Gasteiger partial charge on any atom is -0.349 e. The van der Waals surface area contributed by atoms with Crippen LogP contribution in [0.1, 0.15) is 51.1 Å². The van der Waals surface area contributed by atoms with E-state index in [0.717, 1.165) is 19.3 Å². The van der Waals surface area contributed by atoms with Gasteiger partial charge in [0.05, 0.1) is 12.0 Å². The van der Waals surface area contributed by atoms with Crippen LogP contribution in [0, 0.1) is 11.8 Å². The van der Waals surface area contributed by atoms with Crippen molar-refractivity contribution in [3.8, 4) is 0 Å². The Balaban J connectivity index is 1.68. The van der Waals surface area contributed by atoms with Crippen LogP contribution in [0.3, 0.4) is 0 Å². The second-order valence-electron chi connectivity index (χ2n) is 6.99. The number of benzene rings is 1. The first-order valence-corrected chi connectivity index (χ1v) is 8.25. The first-order valence-electron chi connectivity index (χ1n) is 8.25. The standard InChI is InChI=1S/C18H26N2O/c1-12(2)10-17(13-6-4-3-5-7-13)20-18(21)15-11-14-8-9-16(15)19-14/h3-7,12,14-17,19H,8-11H2,1-2H3,(H,20,21). The molecule has 2 fully saturated rings. The molecule has 1 amide bonds. The largest absolute Gasteiger partial charge is 0.349 e. The molecule has 2 bridgehead atoms. The highest BCUT2D eigenvalue weighted by Gasteiger charge is 2.43. The Hall–Kier alpha value is -1.35. The summed E-state index contributed by atoms with van der Waals surface area (Å²) in [6, 6.07) is 11.5. The Morgan fingerprint density at radius 2 is 2.05 bits per heavy atom. The Kier molecular flexibility index (Phi) is 4.29. The Morgan fingerprint density at radius 1 is 1.29 bits per heavy atom. The Labute approximate surface area is 127 Å². The van der Waals surface area contributed by atoms with Gasteiger partial charge in [-0.15, -0.1) is 0 Å². The third-order valence-corrected chi connectivity index (χ3v) is 4.86. The summed E-state index contributed by atoms with van der Waals surface area (Å²) < 4.78 is 0. The first kappa shape index (κ1) is 14.6. The first-order chi connectivity index (χ1) is 10.1. The van der Waals surface area contributed by atoms with Gasteiger partial charge in [-0.05, 0) is 37.2 Å². The van der Waals surface area contributed by atoms with Gasteiger partial charge in [0, 0.05) is 12.1 Å². The molecule has 114 valence electrons. The zero-order valence-electron chi connectivity index (χ0n) is 13.0. The van der Waals surface area contributed by atoms with Crippen molar-refractivity contribution in [1.29, 1.82) is 0 Å². The average molecular weight is 286 g/mol. The van der Waals surface area contributed by atoms with E-state index in [0.29, 0.717) is 18.0 Å². The number of carbonyl (C=O) groups is 1. The maximum Gasteiger partial charge on any atom is 0.225 e. The maximum atomic E-state index is 12.6. The van der Waals surface area contributed by atoms with Crippen molar-refractivity contribution in [2.45, 2.75) is 57.7 Å². The molecular weight excluding hydrogens is 260 g/mol. The summed E-state index contributed by atoms with van der Waals surface area (Å²) in [5.41, 5.74) is 1.22. The van der Waals surface area contributed by atoms with E-state index >= 15 is 0 Å². The summed E-state index contributed by atoms with van der Waals surface area (Å²) in [6.45, 7) is 4.42. The molecule has 0 aromatic heterocycles. The molecule has 2 heterocycles. The van der Waals surface area contributed by atoms with Crippen LogP contribution in [-0.4, -0.2) is 18.0 Å². The van der Waals surface area contributed by atoms with Crippen LogP contribution in [-0.2, 0) is 4.79 Å². The highest BCUT2D eigenvalue weighted by Crippen LogP contribution is 2.34. The van der Waals surface area contributed by atoms with Crippen molar-refractivity contribution in [3.63, 3.8) is 0 Å². The van der Waals surface area contributed by atoms with E-state index < -0.39 is 0 Å². The molecule has 3 rings (SSSR count). The smallest absolute Gasteiger partial charge is 0.225 e. The molecule has 4 atom stereocenters. The second-order valence-corrected chi connectivity index (χ2v) is 6.99. The highest BCUT2D eigenvalue weighted by atomic mass is 16.2. The molecular formula is C18H26N2O. The quantitative estimate of drug-likeness (QED) is 0.873. The predicted octanol–water partition coefficient (Wildman–Crippen LogP) is 3.03. The number of rotatable bonds is 5. The van der Waals surface area contributed by atoms with Gasteiger partial charge in [-0.25, -0.2) is 0 Å². The number of carbonyl (C=O) groups excluding carboxylic acids is 1. The molecule has 2 aliphatic rings. The molecule has 1 aromatic rings. The fourth-order valence-corrected chi connectivity index (χ4v) is 3.83. The lowest BCUT2D eigenvalue weighted by atomic mass is 9.87. The lowest BCUT2D eigenvalue weighted by molar-refractivity contribution is -0.126. The summed E-state index contributed by atoms with van der Waals surface area (Å²) in [7, 11) is 0. The zero-order chi connectivity index (χ0) is 14.8. The molecule has 2 N–H and O–H groups in total. The van der Waals surface area contributed by atoms with Crippen molar-refractivity contribution in [2.75, 3.05) is 0 Å². The van der Waals surface area contributed by atoms with Crippen LogP contribution < -0.4 is 10.6 Å². The number of amides is 1. The van der Waals surface area contributed by atoms with Gasteiger partial charge in [-0.1, -0.05) is 44.2 Å². The van der Waals surface area contributed by atoms with E-state index in [1.807, 2.05) is 18.2 Å². The number of fused-ring (bicyclic) bond motifs is 2. The minimum atomic E-state index is 0.137. The highest BCUT2D eigenvalue weighted by molar-refractivity contribution is 5.80. The summed E-state index contributed by atoms with van der Waals surface area (Å²) in [5, 5.41) is 6.86. The van der Waals surface area contributed by atoms with E-state index in [4.69, 9.17) is 0 Å². The average Bonchev–Trinajstić information content (AvgIpc) is 3.09. The Bertz CT molecular complexity index is 485. The summed E-state index contributed by atoms with van der Waals surface area (Å²) >= 11 is 0. The molecule has 0 aliphatic carbocycles. The van der Waals surface area contributed by atoms with Gasteiger partial charge < -0.3 is 10.6 Å². The van der Waals surface area contributed by atoms with E-state index in [9.17, 15) is 4.79 Å². The molecule has 0 radical (unpaired) electrons. The summed E-state index contributed by atoms with van der Waals surface area (Å²) in [5.74, 6) is 0.972. The molecule has 3 nitrogen and oxygen atoms in total. The van der Waals surface area contributed by atoms with Crippen molar-refractivity contribution < 1.29 is 4.79 Å². The van der Waals surface area contributed by atoms with Crippen molar-refractivity contribution >= 4 is 5.91 Å². The lowest BCUT2D eigenvalue weighted by Crippen LogP contribution is -2.39. The molecule has 4 unspecified atom stereocenters. The molecule has 1 aromatic carbocycles. The SMILES string of the molecule is CC(C)CC(NC(=O)C1CC2CCC1N2)c1ccccc1. The minimum absolute atomic E-state index is 0.137. The predicted molar refractivity (Wildman–Crippen MR) is 84.8 cm³/mol. The molecule has 2 saturated heterocycles. The molecule has 3 heteroatoms. The van der Waals surface area contributed by atoms with Crippen molar-refractivity contribution in [3.05, 3.63) is 35.9 Å². The fraction of sp³-hybridized carbons (Fsp3) is 0.611. The zero-order valence-corrected chi connectivity index (χ0v) is 13.0. The van der Waals surface area contributed by atoms with Gasteiger partial charge in [0.1, 0.15) is 0 Å². The van der Waals surface area contributed by atoms with Gasteiger partial charge in [-0.3, -0.25) is 4.79 Å². The van der Waals surface area contributed by atoms with Crippen LogP contribution >= 0.6 is 0 Å². The molecule has 21 heavy (non-hydrogen) atoms. The van der Waals surface area contributed by atoms with E-state index in [1.54, 1.807) is 0 Å². The van der Waals surface area contributed by atoms with Gasteiger partial charge in [0.25, 0.3) is 0 Å². The second kappa shape index (κ2) is 6.18. The summed E-state index contributed by atoms with van der Waals surface area (Å²) in [6.07, 6.45) is 4.40. The third-order valence-electron chi connectivity index (χ3n) is 4.86. The topological polar surface area (TPSA) is 41.1 Å². The van der Waals surface area contributed by atoms with Gasteiger partial charge in [0.15, 0.2) is 0 Å². The van der Waals surface area contributed by atoms with Crippen molar-refractivity contribution in [1.82, 2.24) is 10.6 Å². The van der Waals surface area contributed by atoms with Crippen LogP contribution in [0.15, 0.2) is 30.3 Å². The molecule has 0 spiro atoms. The molecule has 0 saturated carbocycles. The van der Waals surface area contributed by atoms with Gasteiger partial charge in [0.2, 0.25) is 5.91 Å². The van der Waals surface area contributed by atoms with Gasteiger partial charge >= 0.3 is 0 Å². The van der Waals surface area contributed by atoms with Crippen LogP contribution in [0.5, 0.6) is 0 Å². The van der Waals surface area contributed by atoms with Gasteiger partial charge in [-0.2, -0.15) is 0 Å². The normalized spacial score (nSPS) is 28.8. The summed E-state index contributed by atoms with van der Waals surface area (Å²) in [4.78, 5) is 12.6. The molecule has 2 aliphatic heterocycles. The third kappa shape index (κ3) is 3.29.